The molecule has 0 radical (unpaired) electrons. The van der Waals surface area contributed by atoms with Crippen molar-refractivity contribution in [2.45, 2.75) is 56.4 Å². The number of hydrogen-bond acceptors (Lipinski definition) is 2. The first kappa shape index (κ1) is 19.9. The lowest BCUT2D eigenvalue weighted by molar-refractivity contribution is -0.00151. The van der Waals surface area contributed by atoms with E-state index in [0.29, 0.717) is 0 Å². The lowest BCUT2D eigenvalue weighted by Gasteiger charge is -2.53. The first-order valence-electron chi connectivity index (χ1n) is 10.9. The monoisotopic (exact) mass is 397 g/mol. The minimum absolute atomic E-state index is 0.0979. The Bertz CT molecular complexity index is 741. The second-order valence-corrected chi connectivity index (χ2v) is 9.18. The van der Waals surface area contributed by atoms with Crippen LogP contribution in [0.3, 0.4) is 0 Å². The molecule has 0 amide bonds. The van der Waals surface area contributed by atoms with E-state index in [1.54, 1.807) is 0 Å². The van der Waals surface area contributed by atoms with Gasteiger partial charge in [0.25, 0.3) is 0 Å². The number of aryl methyl sites for hydroxylation is 1. The van der Waals surface area contributed by atoms with Crippen molar-refractivity contribution in [1.82, 2.24) is 4.90 Å². The largest absolute Gasteiger partial charge is 0.395 e. The van der Waals surface area contributed by atoms with Crippen LogP contribution in [0.2, 0.25) is 5.02 Å². The summed E-state index contributed by atoms with van der Waals surface area (Å²) >= 11 is 6.13. The van der Waals surface area contributed by atoms with Crippen molar-refractivity contribution in [3.63, 3.8) is 0 Å². The van der Waals surface area contributed by atoms with Gasteiger partial charge in [0.2, 0.25) is 0 Å². The summed E-state index contributed by atoms with van der Waals surface area (Å²) in [5.41, 5.74) is 2.89. The molecule has 1 saturated carbocycles. The third kappa shape index (κ3) is 4.15. The number of benzene rings is 2. The van der Waals surface area contributed by atoms with Crippen molar-refractivity contribution < 1.29 is 5.11 Å². The second-order valence-electron chi connectivity index (χ2n) is 8.74. The molecule has 2 aromatic carbocycles. The van der Waals surface area contributed by atoms with Crippen LogP contribution >= 0.6 is 11.6 Å². The number of aliphatic hydroxyl groups is 1. The van der Waals surface area contributed by atoms with Crippen LogP contribution in [0.25, 0.3) is 0 Å². The number of rotatable bonds is 7. The minimum atomic E-state index is 0.0979. The van der Waals surface area contributed by atoms with E-state index >= 15 is 0 Å². The molecule has 3 heteroatoms. The number of aliphatic hydroxyl groups excluding tert-OH is 1. The normalized spacial score (nSPS) is 23.1. The fourth-order valence-electron chi connectivity index (χ4n) is 5.42. The lowest BCUT2D eigenvalue weighted by Crippen LogP contribution is -2.58. The van der Waals surface area contributed by atoms with Crippen molar-refractivity contribution in [2.75, 3.05) is 19.7 Å². The first-order chi connectivity index (χ1) is 13.7. The average molecular weight is 398 g/mol. The molecule has 0 unspecified atom stereocenters. The first-order valence-corrected chi connectivity index (χ1v) is 11.2. The highest BCUT2D eigenvalue weighted by Gasteiger charge is 2.48. The molecule has 0 aromatic heterocycles. The van der Waals surface area contributed by atoms with E-state index in [2.05, 4.69) is 47.4 Å². The van der Waals surface area contributed by atoms with Crippen LogP contribution in [0.15, 0.2) is 54.6 Å². The zero-order chi connectivity index (χ0) is 19.4. The van der Waals surface area contributed by atoms with Crippen LogP contribution in [-0.4, -0.2) is 35.7 Å². The predicted octanol–water partition coefficient (Wildman–Crippen LogP) is 5.47. The van der Waals surface area contributed by atoms with Gasteiger partial charge in [-0.25, -0.2) is 0 Å². The summed E-state index contributed by atoms with van der Waals surface area (Å²) in [6, 6.07) is 19.4. The molecule has 1 aliphatic heterocycles. The molecule has 1 N–H and O–H groups in total. The van der Waals surface area contributed by atoms with E-state index < -0.39 is 0 Å². The molecule has 150 valence electrons. The van der Waals surface area contributed by atoms with Crippen LogP contribution in [-0.2, 0) is 11.8 Å². The molecule has 28 heavy (non-hydrogen) atoms. The fourth-order valence-corrected chi connectivity index (χ4v) is 5.55. The molecule has 2 aromatic rings. The Hall–Kier alpha value is -1.35. The summed E-state index contributed by atoms with van der Waals surface area (Å²) < 4.78 is 0. The molecule has 4 rings (SSSR count). The minimum Gasteiger partial charge on any atom is -0.395 e. The maximum atomic E-state index is 10.4. The summed E-state index contributed by atoms with van der Waals surface area (Å²) in [6.45, 7) is 2.48. The fraction of sp³-hybridized carbons (Fsp3) is 0.520. The van der Waals surface area contributed by atoms with E-state index in [9.17, 15) is 5.11 Å². The third-order valence-corrected chi connectivity index (χ3v) is 7.40. The molecule has 1 aliphatic carbocycles. The zero-order valence-corrected chi connectivity index (χ0v) is 17.5. The van der Waals surface area contributed by atoms with E-state index in [1.807, 2.05) is 12.1 Å². The van der Waals surface area contributed by atoms with Crippen molar-refractivity contribution in [3.05, 3.63) is 70.7 Å². The summed E-state index contributed by atoms with van der Waals surface area (Å²) in [4.78, 5) is 2.60. The molecule has 1 saturated heterocycles. The summed E-state index contributed by atoms with van der Waals surface area (Å²) in [6.07, 6.45) is 8.56. The maximum absolute atomic E-state index is 10.4. The molecule has 2 aliphatic rings. The van der Waals surface area contributed by atoms with Crippen LogP contribution < -0.4 is 0 Å². The van der Waals surface area contributed by atoms with Crippen molar-refractivity contribution in [1.29, 1.82) is 0 Å². The van der Waals surface area contributed by atoms with E-state index in [-0.39, 0.29) is 18.1 Å². The van der Waals surface area contributed by atoms with Gasteiger partial charge in [0.15, 0.2) is 0 Å². The molecule has 2 fully saturated rings. The molecule has 1 heterocycles. The number of likely N-dealkylation sites (tertiary alicyclic amines) is 1. The second kappa shape index (κ2) is 8.98. The average Bonchev–Trinajstić information content (AvgIpc) is 2.71. The van der Waals surface area contributed by atoms with Gasteiger partial charge < -0.3 is 5.11 Å². The smallest absolute Gasteiger partial charge is 0.0595 e. The number of hydrogen-bond donors (Lipinski definition) is 1. The van der Waals surface area contributed by atoms with Crippen molar-refractivity contribution in [3.8, 4) is 0 Å². The summed E-state index contributed by atoms with van der Waals surface area (Å²) in [5.74, 6) is 0.727. The Kier molecular flexibility index (Phi) is 6.40. The molecule has 2 nitrogen and oxygen atoms in total. The van der Waals surface area contributed by atoms with Gasteiger partial charge in [0.1, 0.15) is 0 Å². The van der Waals surface area contributed by atoms with Crippen molar-refractivity contribution >= 4 is 11.6 Å². The van der Waals surface area contributed by atoms with E-state index in [0.717, 1.165) is 30.5 Å². The number of piperidine rings is 1. The molecular weight excluding hydrogens is 366 g/mol. The van der Waals surface area contributed by atoms with Crippen LogP contribution in [0.4, 0.5) is 0 Å². The molecular formula is C25H32ClNO. The van der Waals surface area contributed by atoms with Gasteiger partial charge in [-0.1, -0.05) is 60.5 Å². The highest BCUT2D eigenvalue weighted by Crippen LogP contribution is 2.49. The highest BCUT2D eigenvalue weighted by atomic mass is 35.5. The molecule has 2 atom stereocenters. The predicted molar refractivity (Wildman–Crippen MR) is 117 cm³/mol. The number of nitrogens with zero attached hydrogens (tertiary/aromatic N) is 1. The summed E-state index contributed by atoms with van der Waals surface area (Å²) in [5, 5.41) is 11.2. The van der Waals surface area contributed by atoms with E-state index in [4.69, 9.17) is 11.6 Å². The summed E-state index contributed by atoms with van der Waals surface area (Å²) in [7, 11) is 0. The molecule has 0 bridgehead atoms. The van der Waals surface area contributed by atoms with Crippen LogP contribution in [0.1, 0.15) is 49.7 Å². The van der Waals surface area contributed by atoms with Crippen molar-refractivity contribution in [2.24, 2.45) is 5.92 Å². The molecule has 0 spiro atoms. The zero-order valence-electron chi connectivity index (χ0n) is 16.7. The Labute approximate surface area is 174 Å². The topological polar surface area (TPSA) is 23.5 Å². The van der Waals surface area contributed by atoms with Gasteiger partial charge in [0.05, 0.1) is 6.61 Å². The van der Waals surface area contributed by atoms with Crippen LogP contribution in [0.5, 0.6) is 0 Å². The Morgan fingerprint density at radius 3 is 2.43 bits per heavy atom. The van der Waals surface area contributed by atoms with Gasteiger partial charge in [-0.2, -0.15) is 0 Å². The van der Waals surface area contributed by atoms with Gasteiger partial charge in [-0.15, -0.1) is 0 Å². The maximum Gasteiger partial charge on any atom is 0.0595 e. The van der Waals surface area contributed by atoms with Gasteiger partial charge >= 0.3 is 0 Å². The SMILES string of the molecule is OC[C@H](N1CCC[C@@H](CCc2ccccc2)C1)C1(c2ccc(Cl)cc2)CCC1. The Morgan fingerprint density at radius 1 is 1.04 bits per heavy atom. The quantitative estimate of drug-likeness (QED) is 0.669. The Morgan fingerprint density at radius 2 is 1.79 bits per heavy atom. The highest BCUT2D eigenvalue weighted by molar-refractivity contribution is 6.30. The van der Waals surface area contributed by atoms with Gasteiger partial charge in [-0.3, -0.25) is 4.90 Å². The van der Waals surface area contributed by atoms with Crippen LogP contribution in [0, 0.1) is 5.92 Å². The standard InChI is InChI=1S/C25H32ClNO/c26-23-13-11-22(12-14-23)25(15-5-16-25)24(19-28)27-17-4-8-21(18-27)10-9-20-6-2-1-3-7-20/h1-3,6-7,11-14,21,24,28H,4-5,8-10,15-19H2/t21-,24-/m0/s1. The van der Waals surface area contributed by atoms with Gasteiger partial charge in [-0.05, 0) is 74.2 Å². The van der Waals surface area contributed by atoms with E-state index in [1.165, 1.54) is 49.7 Å². The van der Waals surface area contributed by atoms with Gasteiger partial charge in [0, 0.05) is 23.0 Å². The lowest BCUT2D eigenvalue weighted by atomic mass is 9.59. The number of halogens is 1. The third-order valence-electron chi connectivity index (χ3n) is 7.15. The Balaban J connectivity index is 1.45.